The van der Waals surface area contributed by atoms with Gasteiger partial charge in [0.2, 0.25) is 0 Å². The lowest BCUT2D eigenvalue weighted by Crippen LogP contribution is -2.29. The van der Waals surface area contributed by atoms with E-state index >= 15 is 0 Å². The Morgan fingerprint density at radius 3 is 2.11 bits per heavy atom. The number of nitrogens with two attached hydrogens (primary N) is 1. The summed E-state index contributed by atoms with van der Waals surface area (Å²) in [7, 11) is 0. The lowest BCUT2D eigenvalue weighted by molar-refractivity contribution is -0.163. The van der Waals surface area contributed by atoms with Crippen molar-refractivity contribution in [1.29, 1.82) is 0 Å². The molecule has 0 atom stereocenters. The number of aliphatic carboxylic acids is 1. The van der Waals surface area contributed by atoms with Crippen molar-refractivity contribution in [1.82, 2.24) is 4.47 Å². The van der Waals surface area contributed by atoms with E-state index < -0.39 is 11.9 Å². The first kappa shape index (κ1) is 8.21. The first-order chi connectivity index (χ1) is 4.09. The highest BCUT2D eigenvalue weighted by atomic mass is 32.2. The van der Waals surface area contributed by atoms with Gasteiger partial charge >= 0.3 is 11.9 Å². The Kier molecular flexibility index (Phi) is 2.99. The first-order valence-corrected chi connectivity index (χ1v) is 2.56. The fourth-order valence-corrected chi connectivity index (χ4v) is 0.304. The molecule has 6 nitrogen and oxygen atoms in total. The van der Waals surface area contributed by atoms with Crippen molar-refractivity contribution in [3.05, 3.63) is 0 Å². The number of carboxylic acid groups (broad SMARTS) is 1. The molecule has 0 saturated heterocycles. The standard InChI is InChI=1S/C2H4N2O4S/c3-9-4(8)1(5)2(6)7/h8H,3H2,(H,6,7). The summed E-state index contributed by atoms with van der Waals surface area (Å²) in [4.78, 5) is 19.7. The Morgan fingerprint density at radius 1 is 1.56 bits per heavy atom. The number of rotatable bonds is 1. The molecule has 0 aliphatic rings. The Morgan fingerprint density at radius 2 is 2.00 bits per heavy atom. The van der Waals surface area contributed by atoms with Gasteiger partial charge in [-0.1, -0.05) is 0 Å². The van der Waals surface area contributed by atoms with Crippen molar-refractivity contribution in [3.8, 4) is 0 Å². The van der Waals surface area contributed by atoms with E-state index in [0.29, 0.717) is 0 Å². The van der Waals surface area contributed by atoms with Crippen LogP contribution in [0.4, 0.5) is 0 Å². The van der Waals surface area contributed by atoms with Gasteiger partial charge in [0.05, 0.1) is 12.1 Å². The molecule has 0 heterocycles. The molecule has 9 heavy (non-hydrogen) atoms. The summed E-state index contributed by atoms with van der Waals surface area (Å²) in [5, 5.41) is 20.7. The summed E-state index contributed by atoms with van der Waals surface area (Å²) in [5.41, 5.74) is 0. The number of hydrogen-bond acceptors (Lipinski definition) is 5. The Labute approximate surface area is 54.5 Å². The van der Waals surface area contributed by atoms with Gasteiger partial charge in [0.1, 0.15) is 0 Å². The molecule has 0 bridgehead atoms. The van der Waals surface area contributed by atoms with Gasteiger partial charge in [0.15, 0.2) is 0 Å². The van der Waals surface area contributed by atoms with Crippen LogP contribution < -0.4 is 5.14 Å². The largest absolute Gasteiger partial charge is 0.474 e. The average Bonchev–Trinajstić information content (AvgIpc) is 1.84. The monoisotopic (exact) mass is 152 g/mol. The van der Waals surface area contributed by atoms with Crippen LogP contribution in [0.15, 0.2) is 0 Å². The fourth-order valence-electron chi connectivity index (χ4n) is 0.130. The number of hydrogen-bond donors (Lipinski definition) is 3. The molecule has 0 fully saturated rings. The molecular formula is C2H4N2O4S. The number of carbonyl (C=O) groups is 2. The zero-order valence-corrected chi connectivity index (χ0v) is 4.96. The molecule has 0 spiro atoms. The normalized spacial score (nSPS) is 8.67. The average molecular weight is 152 g/mol. The van der Waals surface area contributed by atoms with E-state index in [2.05, 4.69) is 5.14 Å². The zero-order chi connectivity index (χ0) is 7.44. The molecule has 0 unspecified atom stereocenters. The van der Waals surface area contributed by atoms with Gasteiger partial charge in [-0.2, -0.15) is 0 Å². The van der Waals surface area contributed by atoms with E-state index in [4.69, 9.17) is 10.3 Å². The molecule has 1 amide bonds. The lowest BCUT2D eigenvalue weighted by Gasteiger charge is -2.04. The molecule has 0 radical (unpaired) electrons. The molecule has 0 aromatic heterocycles. The Hall–Kier alpha value is -0.790. The first-order valence-electron chi connectivity index (χ1n) is 1.72. The third-order valence-corrected chi connectivity index (χ3v) is 0.822. The minimum atomic E-state index is -1.75. The molecule has 4 N–H and O–H groups in total. The van der Waals surface area contributed by atoms with Crippen LogP contribution >= 0.6 is 12.1 Å². The number of hydroxylamine groups is 1. The van der Waals surface area contributed by atoms with E-state index in [0.717, 1.165) is 0 Å². The second kappa shape index (κ2) is 3.28. The molecule has 0 aromatic rings. The van der Waals surface area contributed by atoms with Crippen LogP contribution in [0.3, 0.4) is 0 Å². The van der Waals surface area contributed by atoms with Crippen LogP contribution in [-0.4, -0.2) is 26.7 Å². The Bertz CT molecular complexity index is 137. The molecule has 0 aliphatic heterocycles. The lowest BCUT2D eigenvalue weighted by atomic mass is 10.7. The highest BCUT2D eigenvalue weighted by molar-refractivity contribution is 7.95. The van der Waals surface area contributed by atoms with E-state index in [9.17, 15) is 9.59 Å². The number of amides is 1. The van der Waals surface area contributed by atoms with Crippen LogP contribution in [-0.2, 0) is 9.59 Å². The van der Waals surface area contributed by atoms with Crippen molar-refractivity contribution in [2.24, 2.45) is 5.14 Å². The minimum Gasteiger partial charge on any atom is -0.474 e. The third kappa shape index (κ3) is 2.31. The maximum absolute atomic E-state index is 10.0. The van der Waals surface area contributed by atoms with Crippen molar-refractivity contribution in [2.45, 2.75) is 0 Å². The van der Waals surface area contributed by atoms with Crippen molar-refractivity contribution >= 4 is 24.0 Å². The smallest absolute Gasteiger partial charge is 0.397 e. The quantitative estimate of drug-likeness (QED) is 0.189. The van der Waals surface area contributed by atoms with Gasteiger partial charge in [-0.3, -0.25) is 15.1 Å². The number of carboxylic acids is 1. The van der Waals surface area contributed by atoms with Gasteiger partial charge < -0.3 is 5.11 Å². The maximum atomic E-state index is 10.0. The van der Waals surface area contributed by atoms with Gasteiger partial charge in [0, 0.05) is 0 Å². The highest BCUT2D eigenvalue weighted by Gasteiger charge is 2.18. The Balaban J connectivity index is 3.88. The van der Waals surface area contributed by atoms with Gasteiger partial charge in [-0.25, -0.2) is 4.79 Å². The summed E-state index contributed by atoms with van der Waals surface area (Å²) in [6.45, 7) is 0. The summed E-state index contributed by atoms with van der Waals surface area (Å²) in [6, 6.07) is 0. The summed E-state index contributed by atoms with van der Waals surface area (Å²) >= 11 is 0.120. The van der Waals surface area contributed by atoms with E-state index in [-0.39, 0.29) is 16.6 Å². The van der Waals surface area contributed by atoms with Crippen LogP contribution in [0, 0.1) is 0 Å². The molecule has 52 valence electrons. The van der Waals surface area contributed by atoms with Crippen molar-refractivity contribution in [2.75, 3.05) is 0 Å². The van der Waals surface area contributed by atoms with E-state index in [1.165, 1.54) is 0 Å². The molecule has 0 rings (SSSR count). The van der Waals surface area contributed by atoms with E-state index in [1.54, 1.807) is 0 Å². The predicted octanol–water partition coefficient (Wildman–Crippen LogP) is -1.19. The molecule has 7 heteroatoms. The van der Waals surface area contributed by atoms with Crippen LogP contribution in [0.25, 0.3) is 0 Å². The molecule has 0 aliphatic carbocycles. The van der Waals surface area contributed by atoms with Crippen LogP contribution in [0.1, 0.15) is 0 Å². The van der Waals surface area contributed by atoms with E-state index in [1.807, 2.05) is 0 Å². The number of carbonyl (C=O) groups excluding carboxylic acids is 1. The maximum Gasteiger partial charge on any atom is 0.397 e. The highest BCUT2D eigenvalue weighted by Crippen LogP contribution is 1.94. The molecular weight excluding hydrogens is 148 g/mol. The number of nitrogens with zero attached hydrogens (tertiary/aromatic N) is 1. The second-order valence-corrected chi connectivity index (χ2v) is 1.55. The van der Waals surface area contributed by atoms with Crippen molar-refractivity contribution < 1.29 is 19.9 Å². The molecule has 0 aromatic carbocycles. The minimum absolute atomic E-state index is 0.120. The summed E-state index contributed by atoms with van der Waals surface area (Å²) in [6.07, 6.45) is 0. The van der Waals surface area contributed by atoms with Gasteiger partial charge in [-0.15, -0.1) is 4.47 Å². The predicted molar refractivity (Wildman–Crippen MR) is 28.0 cm³/mol. The summed E-state index contributed by atoms with van der Waals surface area (Å²) < 4.78 is -0.178. The second-order valence-electron chi connectivity index (χ2n) is 0.989. The van der Waals surface area contributed by atoms with Gasteiger partial charge in [0.25, 0.3) is 0 Å². The molecule has 0 saturated carbocycles. The SMILES string of the molecule is NSN(O)C(=O)C(=O)O. The van der Waals surface area contributed by atoms with Crippen molar-refractivity contribution in [3.63, 3.8) is 0 Å². The third-order valence-electron chi connectivity index (χ3n) is 0.457. The zero-order valence-electron chi connectivity index (χ0n) is 4.14. The van der Waals surface area contributed by atoms with Gasteiger partial charge in [-0.05, 0) is 0 Å². The fraction of sp³-hybridized carbons (Fsp3) is 0. The van der Waals surface area contributed by atoms with Crippen LogP contribution in [0.5, 0.6) is 0 Å². The van der Waals surface area contributed by atoms with Crippen LogP contribution in [0.2, 0.25) is 0 Å². The topological polar surface area (TPSA) is 104 Å². The summed E-state index contributed by atoms with van der Waals surface area (Å²) in [5.74, 6) is -3.22.